The Kier molecular flexibility index (Phi) is 5.04. The summed E-state index contributed by atoms with van der Waals surface area (Å²) in [5.41, 5.74) is 0.560. The van der Waals surface area contributed by atoms with Crippen molar-refractivity contribution in [1.29, 1.82) is 0 Å². The first-order valence-electron chi connectivity index (χ1n) is 9.05. The van der Waals surface area contributed by atoms with Crippen LogP contribution in [0.4, 0.5) is 17.2 Å². The van der Waals surface area contributed by atoms with Gasteiger partial charge in [-0.05, 0) is 42.0 Å². The van der Waals surface area contributed by atoms with Gasteiger partial charge in [0.15, 0.2) is 5.78 Å². The van der Waals surface area contributed by atoms with E-state index in [0.29, 0.717) is 17.0 Å². The maximum absolute atomic E-state index is 11.8. The minimum absolute atomic E-state index is 0.0357. The van der Waals surface area contributed by atoms with Gasteiger partial charge in [-0.25, -0.2) is 4.98 Å². The molecule has 0 bridgehead atoms. The number of carbonyl (C=O) groups excluding carboxylic acids is 1. The molecule has 0 aliphatic heterocycles. The van der Waals surface area contributed by atoms with Gasteiger partial charge in [-0.15, -0.1) is 0 Å². The van der Waals surface area contributed by atoms with E-state index in [1.807, 2.05) is 30.3 Å². The van der Waals surface area contributed by atoms with Gasteiger partial charge in [0.1, 0.15) is 12.1 Å². The van der Waals surface area contributed by atoms with Crippen LogP contribution in [0.5, 0.6) is 11.6 Å². The Morgan fingerprint density at radius 3 is 2.57 bits per heavy atom. The molecule has 0 saturated carbocycles. The molecule has 0 unspecified atom stereocenters. The van der Waals surface area contributed by atoms with Gasteiger partial charge in [-0.3, -0.25) is 14.9 Å². The second kappa shape index (κ2) is 7.96. The summed E-state index contributed by atoms with van der Waals surface area (Å²) in [5.74, 6) is 0.0817. The molecule has 0 atom stereocenters. The largest absolute Gasteiger partial charge is 0.434 e. The van der Waals surface area contributed by atoms with Gasteiger partial charge < -0.3 is 10.1 Å². The number of hydrogen-bond acceptors (Lipinski definition) is 7. The third kappa shape index (κ3) is 3.93. The topological polar surface area (TPSA) is 107 Å². The van der Waals surface area contributed by atoms with Gasteiger partial charge in [0.05, 0.1) is 4.92 Å². The highest BCUT2D eigenvalue weighted by atomic mass is 16.6. The van der Waals surface area contributed by atoms with E-state index in [9.17, 15) is 14.9 Å². The van der Waals surface area contributed by atoms with E-state index in [0.717, 1.165) is 10.8 Å². The zero-order valence-corrected chi connectivity index (χ0v) is 15.9. The summed E-state index contributed by atoms with van der Waals surface area (Å²) in [4.78, 5) is 30.7. The summed E-state index contributed by atoms with van der Waals surface area (Å²) in [6.07, 6.45) is 1.18. The summed E-state index contributed by atoms with van der Waals surface area (Å²) >= 11 is 0. The van der Waals surface area contributed by atoms with Crippen molar-refractivity contribution in [3.8, 4) is 11.6 Å². The number of benzene rings is 3. The van der Waals surface area contributed by atoms with Gasteiger partial charge >= 0.3 is 11.6 Å². The Morgan fingerprint density at radius 2 is 1.80 bits per heavy atom. The summed E-state index contributed by atoms with van der Waals surface area (Å²) in [6, 6.07) is 19.7. The molecule has 0 spiro atoms. The van der Waals surface area contributed by atoms with E-state index < -0.39 is 10.6 Å². The van der Waals surface area contributed by atoms with Crippen LogP contribution in [0.25, 0.3) is 10.8 Å². The van der Waals surface area contributed by atoms with Crippen LogP contribution in [-0.2, 0) is 0 Å². The summed E-state index contributed by atoms with van der Waals surface area (Å²) in [6.45, 7) is 1.45. The lowest BCUT2D eigenvalue weighted by Gasteiger charge is -2.10. The van der Waals surface area contributed by atoms with E-state index in [4.69, 9.17) is 4.74 Å². The van der Waals surface area contributed by atoms with E-state index >= 15 is 0 Å². The number of hydrogen-bond donors (Lipinski definition) is 1. The molecule has 3 aromatic carbocycles. The van der Waals surface area contributed by atoms with Crippen molar-refractivity contribution in [3.63, 3.8) is 0 Å². The number of ether oxygens (including phenoxy) is 1. The summed E-state index contributed by atoms with van der Waals surface area (Å²) < 4.78 is 5.73. The van der Waals surface area contributed by atoms with Crippen LogP contribution >= 0.6 is 0 Å². The molecule has 1 aromatic heterocycles. The molecule has 4 rings (SSSR count). The number of rotatable bonds is 6. The Morgan fingerprint density at radius 1 is 1.00 bits per heavy atom. The van der Waals surface area contributed by atoms with Crippen molar-refractivity contribution in [2.75, 3.05) is 5.32 Å². The van der Waals surface area contributed by atoms with Gasteiger partial charge in [-0.1, -0.05) is 42.5 Å². The quantitative estimate of drug-likeness (QED) is 0.267. The molecule has 1 N–H and O–H groups in total. The van der Waals surface area contributed by atoms with Crippen molar-refractivity contribution >= 4 is 33.7 Å². The maximum atomic E-state index is 11.8. The molecule has 148 valence electrons. The summed E-state index contributed by atoms with van der Waals surface area (Å²) in [5, 5.41) is 16.6. The van der Waals surface area contributed by atoms with Crippen LogP contribution in [0.3, 0.4) is 0 Å². The molecule has 0 amide bonds. The Hall–Kier alpha value is -4.33. The van der Waals surface area contributed by atoms with Crippen molar-refractivity contribution < 1.29 is 14.5 Å². The van der Waals surface area contributed by atoms with Gasteiger partial charge in [0.2, 0.25) is 5.82 Å². The first-order chi connectivity index (χ1) is 14.5. The van der Waals surface area contributed by atoms with E-state index in [1.165, 1.54) is 13.3 Å². The maximum Gasteiger partial charge on any atom is 0.373 e. The molecular weight excluding hydrogens is 384 g/mol. The molecule has 30 heavy (non-hydrogen) atoms. The van der Waals surface area contributed by atoms with E-state index in [-0.39, 0.29) is 17.5 Å². The van der Waals surface area contributed by atoms with Crippen molar-refractivity contribution in [2.24, 2.45) is 0 Å². The molecule has 0 radical (unpaired) electrons. The average Bonchev–Trinajstić information content (AvgIpc) is 2.74. The number of nitrogens with zero attached hydrogens (tertiary/aromatic N) is 3. The van der Waals surface area contributed by atoms with Crippen LogP contribution in [0.15, 0.2) is 73.1 Å². The number of nitrogens with one attached hydrogen (secondary N) is 1. The predicted octanol–water partition coefficient (Wildman–Crippen LogP) is 5.28. The number of Topliss-reactive ketones (excluding diaryl/α,β-unsaturated/α-hetero) is 1. The zero-order chi connectivity index (χ0) is 21.1. The second-order valence-electron chi connectivity index (χ2n) is 6.51. The predicted molar refractivity (Wildman–Crippen MR) is 112 cm³/mol. The van der Waals surface area contributed by atoms with Crippen molar-refractivity contribution in [3.05, 3.63) is 88.7 Å². The molecule has 8 nitrogen and oxygen atoms in total. The standard InChI is InChI=1S/C22H16N4O4/c1-14(27)16-7-4-8-18(11-16)25-21-20(26(28)29)22(24-13-23-21)30-19-10-9-15-5-2-3-6-17(15)12-19/h2-13H,1H3,(H,23,24,25). The van der Waals surface area contributed by atoms with Crippen molar-refractivity contribution in [2.45, 2.75) is 6.92 Å². The minimum Gasteiger partial charge on any atom is -0.434 e. The van der Waals surface area contributed by atoms with Gasteiger partial charge in [0, 0.05) is 11.3 Å². The molecule has 4 aromatic rings. The zero-order valence-electron chi connectivity index (χ0n) is 15.9. The minimum atomic E-state index is -0.604. The summed E-state index contributed by atoms with van der Waals surface area (Å²) in [7, 11) is 0. The number of carbonyl (C=O) groups is 1. The van der Waals surface area contributed by atoms with Crippen LogP contribution < -0.4 is 10.1 Å². The number of nitro groups is 1. The molecule has 0 aliphatic rings. The Labute approximate surface area is 171 Å². The molecule has 0 saturated heterocycles. The van der Waals surface area contributed by atoms with Gasteiger partial charge in [0.25, 0.3) is 0 Å². The first kappa shape index (κ1) is 19.0. The molecule has 0 fully saturated rings. The molecule has 0 aliphatic carbocycles. The monoisotopic (exact) mass is 400 g/mol. The lowest BCUT2D eigenvalue weighted by Crippen LogP contribution is -2.04. The number of ketones is 1. The Bertz CT molecular complexity index is 1270. The first-order valence-corrected chi connectivity index (χ1v) is 9.05. The van der Waals surface area contributed by atoms with Crippen LogP contribution in [0.1, 0.15) is 17.3 Å². The molecular formula is C22H16N4O4. The third-order valence-corrected chi connectivity index (χ3v) is 4.44. The lowest BCUT2D eigenvalue weighted by atomic mass is 10.1. The van der Waals surface area contributed by atoms with Crippen LogP contribution in [0, 0.1) is 10.1 Å². The van der Waals surface area contributed by atoms with E-state index in [2.05, 4.69) is 15.3 Å². The smallest absolute Gasteiger partial charge is 0.373 e. The number of aromatic nitrogens is 2. The van der Waals surface area contributed by atoms with Crippen LogP contribution in [0.2, 0.25) is 0 Å². The lowest BCUT2D eigenvalue weighted by molar-refractivity contribution is -0.385. The van der Waals surface area contributed by atoms with Gasteiger partial charge in [-0.2, -0.15) is 4.98 Å². The number of fused-ring (bicyclic) bond motifs is 1. The average molecular weight is 400 g/mol. The fourth-order valence-electron chi connectivity index (χ4n) is 2.99. The Balaban J connectivity index is 1.69. The number of anilines is 2. The highest BCUT2D eigenvalue weighted by molar-refractivity contribution is 5.95. The SMILES string of the molecule is CC(=O)c1cccc(Nc2ncnc(Oc3ccc4ccccc4c3)c2[N+](=O)[O-])c1. The highest BCUT2D eigenvalue weighted by Crippen LogP contribution is 2.36. The fraction of sp³-hybridized carbons (Fsp3) is 0.0455. The molecule has 8 heteroatoms. The van der Waals surface area contributed by atoms with E-state index in [1.54, 1.807) is 36.4 Å². The third-order valence-electron chi connectivity index (χ3n) is 4.44. The van der Waals surface area contributed by atoms with Crippen LogP contribution in [-0.4, -0.2) is 20.7 Å². The fourth-order valence-corrected chi connectivity index (χ4v) is 2.99. The van der Waals surface area contributed by atoms with Crippen molar-refractivity contribution in [1.82, 2.24) is 9.97 Å². The molecule has 1 heterocycles. The second-order valence-corrected chi connectivity index (χ2v) is 6.51. The highest BCUT2D eigenvalue weighted by Gasteiger charge is 2.25. The normalized spacial score (nSPS) is 10.6.